The maximum absolute atomic E-state index is 12.5. The lowest BCUT2D eigenvalue weighted by atomic mass is 10.1. The summed E-state index contributed by atoms with van der Waals surface area (Å²) < 4.78 is 0. The Kier molecular flexibility index (Phi) is 5.53. The number of rotatable bonds is 7. The number of amides is 3. The van der Waals surface area contributed by atoms with E-state index in [0.29, 0.717) is 13.1 Å². The zero-order chi connectivity index (χ0) is 18.7. The summed E-state index contributed by atoms with van der Waals surface area (Å²) in [5, 5.41) is 10.2. The van der Waals surface area contributed by atoms with Crippen LogP contribution in [-0.4, -0.2) is 89.2 Å². The third-order valence-electron chi connectivity index (χ3n) is 4.72. The fourth-order valence-corrected chi connectivity index (χ4v) is 3.34. The molecule has 2 unspecified atom stereocenters. The van der Waals surface area contributed by atoms with Crippen molar-refractivity contribution >= 4 is 18.3 Å². The van der Waals surface area contributed by atoms with Gasteiger partial charge in [0.2, 0.25) is 0 Å². The molecule has 1 saturated heterocycles. The normalized spacial score (nSPS) is 22.5. The van der Waals surface area contributed by atoms with Crippen LogP contribution in [0.25, 0.3) is 0 Å². The molecule has 3 rings (SSSR count). The first-order chi connectivity index (χ1) is 12.5. The largest absolute Gasteiger partial charge is 0.353 e. The van der Waals surface area contributed by atoms with Crippen molar-refractivity contribution in [3.05, 3.63) is 35.9 Å². The quantitative estimate of drug-likeness (QED) is 0.731. The van der Waals surface area contributed by atoms with Crippen molar-refractivity contribution in [3.8, 4) is 0 Å². The molecule has 0 saturated carbocycles. The van der Waals surface area contributed by atoms with E-state index in [4.69, 9.17) is 0 Å². The fraction of sp³-hybridized carbons (Fsp3) is 0.500. The van der Waals surface area contributed by atoms with Crippen LogP contribution >= 0.6 is 0 Å². The van der Waals surface area contributed by atoms with E-state index >= 15 is 0 Å². The van der Waals surface area contributed by atoms with Crippen molar-refractivity contribution < 1.29 is 14.8 Å². The minimum Gasteiger partial charge on any atom is -0.347 e. The highest BCUT2D eigenvalue weighted by molar-refractivity contribution is 6.00. The summed E-state index contributed by atoms with van der Waals surface area (Å²) in [6.45, 7) is 1.84. The Labute approximate surface area is 153 Å². The number of aliphatic imine (C=N–C) groups is 1. The van der Waals surface area contributed by atoms with E-state index in [1.807, 2.05) is 54.2 Å². The van der Waals surface area contributed by atoms with E-state index in [0.717, 1.165) is 24.9 Å². The Hall–Kier alpha value is -2.45. The third-order valence-corrected chi connectivity index (χ3v) is 4.72. The summed E-state index contributed by atoms with van der Waals surface area (Å²) in [7, 11) is 3.92. The molecule has 1 aromatic rings. The van der Waals surface area contributed by atoms with Gasteiger partial charge < -0.3 is 9.80 Å². The van der Waals surface area contributed by atoms with Crippen molar-refractivity contribution in [1.29, 1.82) is 0 Å². The smallest absolute Gasteiger partial charge is 0.347 e. The zero-order valence-electron chi connectivity index (χ0n) is 15.2. The molecule has 2 atom stereocenters. The van der Waals surface area contributed by atoms with E-state index < -0.39 is 24.1 Å². The van der Waals surface area contributed by atoms with Gasteiger partial charge in [0.15, 0.2) is 12.2 Å². The van der Waals surface area contributed by atoms with Crippen molar-refractivity contribution in [2.45, 2.75) is 25.0 Å². The van der Waals surface area contributed by atoms with Gasteiger partial charge in [-0.15, -0.1) is 5.06 Å². The second-order valence-electron chi connectivity index (χ2n) is 6.88. The first-order valence-electron chi connectivity index (χ1n) is 8.80. The van der Waals surface area contributed by atoms with Gasteiger partial charge in [0, 0.05) is 13.1 Å². The Morgan fingerprint density at radius 1 is 1.15 bits per heavy atom. The number of urea groups is 1. The minimum absolute atomic E-state index is 0.237. The summed E-state index contributed by atoms with van der Waals surface area (Å²) >= 11 is 0. The van der Waals surface area contributed by atoms with E-state index in [-0.39, 0.29) is 5.06 Å². The van der Waals surface area contributed by atoms with Crippen LogP contribution in [0.15, 0.2) is 35.3 Å². The van der Waals surface area contributed by atoms with Crippen LogP contribution in [0.2, 0.25) is 0 Å². The Morgan fingerprint density at radius 3 is 2.58 bits per heavy atom. The van der Waals surface area contributed by atoms with Crippen LogP contribution in [0.5, 0.6) is 0 Å². The Morgan fingerprint density at radius 2 is 1.88 bits per heavy atom. The number of carbonyl (C=O) groups excluding carboxylic acids is 2. The van der Waals surface area contributed by atoms with Crippen molar-refractivity contribution in [3.63, 3.8) is 0 Å². The van der Waals surface area contributed by atoms with E-state index in [1.54, 1.807) is 6.34 Å². The zero-order valence-corrected chi connectivity index (χ0v) is 15.2. The van der Waals surface area contributed by atoms with Crippen molar-refractivity contribution in [2.75, 3.05) is 33.7 Å². The van der Waals surface area contributed by atoms with E-state index in [9.17, 15) is 14.8 Å². The molecule has 2 aliphatic heterocycles. The van der Waals surface area contributed by atoms with Gasteiger partial charge >= 0.3 is 6.03 Å². The number of hydrogen-bond acceptors (Lipinski definition) is 6. The third kappa shape index (κ3) is 3.71. The SMILES string of the molecule is CN(C)CCCN1C(=O)N(O)C(=O)C2C1N=CN2CCc1ccccc1. The van der Waals surface area contributed by atoms with Crippen LogP contribution in [0.3, 0.4) is 0 Å². The molecule has 0 aliphatic carbocycles. The number of hydroxylamine groups is 2. The van der Waals surface area contributed by atoms with Gasteiger partial charge in [-0.05, 0) is 39.0 Å². The molecule has 1 N–H and O–H groups in total. The average Bonchev–Trinajstić information content (AvgIpc) is 3.05. The molecule has 2 aliphatic rings. The van der Waals surface area contributed by atoms with Crippen LogP contribution in [0.4, 0.5) is 4.79 Å². The fourth-order valence-electron chi connectivity index (χ4n) is 3.34. The molecule has 8 heteroatoms. The molecular formula is C18H25N5O3. The summed E-state index contributed by atoms with van der Waals surface area (Å²) in [6, 6.07) is 8.61. The summed E-state index contributed by atoms with van der Waals surface area (Å²) in [6.07, 6.45) is 2.55. The Bertz CT molecular complexity index is 679. The second kappa shape index (κ2) is 7.84. The summed E-state index contributed by atoms with van der Waals surface area (Å²) in [4.78, 5) is 34.5. The number of carbonyl (C=O) groups is 2. The first-order valence-corrected chi connectivity index (χ1v) is 8.80. The van der Waals surface area contributed by atoms with Crippen LogP contribution in [0.1, 0.15) is 12.0 Å². The monoisotopic (exact) mass is 359 g/mol. The van der Waals surface area contributed by atoms with Gasteiger partial charge in [-0.2, -0.15) is 0 Å². The van der Waals surface area contributed by atoms with E-state index in [1.165, 1.54) is 4.90 Å². The molecule has 8 nitrogen and oxygen atoms in total. The number of hydrogen-bond donors (Lipinski definition) is 1. The molecule has 3 amide bonds. The molecule has 0 spiro atoms. The predicted octanol–water partition coefficient (Wildman–Crippen LogP) is 0.873. The predicted molar refractivity (Wildman–Crippen MR) is 96.8 cm³/mol. The highest BCUT2D eigenvalue weighted by Gasteiger charge is 2.50. The van der Waals surface area contributed by atoms with Crippen molar-refractivity contribution in [1.82, 2.24) is 19.8 Å². The standard InChI is InChI=1S/C18H25N5O3/c1-20(2)10-6-11-22-16-15(17(24)23(26)18(22)25)21(13-19-16)12-9-14-7-4-3-5-8-14/h3-5,7-8,13,15-16,26H,6,9-12H2,1-2H3. The molecular weight excluding hydrogens is 334 g/mol. The van der Waals surface area contributed by atoms with Gasteiger partial charge in [0.25, 0.3) is 5.91 Å². The maximum Gasteiger partial charge on any atom is 0.353 e. The lowest BCUT2D eigenvalue weighted by Gasteiger charge is -2.40. The Balaban J connectivity index is 1.68. The maximum atomic E-state index is 12.5. The van der Waals surface area contributed by atoms with Crippen molar-refractivity contribution in [2.24, 2.45) is 4.99 Å². The highest BCUT2D eigenvalue weighted by Crippen LogP contribution is 2.26. The highest BCUT2D eigenvalue weighted by atomic mass is 16.5. The summed E-state index contributed by atoms with van der Waals surface area (Å²) in [5.74, 6) is -0.616. The van der Waals surface area contributed by atoms with Gasteiger partial charge in [-0.3, -0.25) is 14.9 Å². The van der Waals surface area contributed by atoms with Gasteiger partial charge in [0.1, 0.15) is 0 Å². The first kappa shape index (κ1) is 18.3. The number of fused-ring (bicyclic) bond motifs is 1. The molecule has 0 radical (unpaired) electrons. The van der Waals surface area contributed by atoms with Crippen LogP contribution < -0.4 is 0 Å². The molecule has 1 fully saturated rings. The van der Waals surface area contributed by atoms with Crippen LogP contribution in [0, 0.1) is 0 Å². The summed E-state index contributed by atoms with van der Waals surface area (Å²) in [5.41, 5.74) is 1.16. The lowest BCUT2D eigenvalue weighted by molar-refractivity contribution is -0.167. The average molecular weight is 359 g/mol. The van der Waals surface area contributed by atoms with E-state index in [2.05, 4.69) is 4.99 Å². The number of imide groups is 1. The number of benzene rings is 1. The molecule has 2 heterocycles. The lowest BCUT2D eigenvalue weighted by Crippen LogP contribution is -2.65. The van der Waals surface area contributed by atoms with Gasteiger partial charge in [-0.1, -0.05) is 30.3 Å². The second-order valence-corrected chi connectivity index (χ2v) is 6.88. The molecule has 0 bridgehead atoms. The van der Waals surface area contributed by atoms with Crippen LogP contribution in [-0.2, 0) is 11.2 Å². The van der Waals surface area contributed by atoms with Gasteiger partial charge in [0.05, 0.1) is 6.34 Å². The molecule has 1 aromatic carbocycles. The molecule has 140 valence electrons. The molecule has 26 heavy (non-hydrogen) atoms. The topological polar surface area (TPSA) is 79.7 Å². The molecule has 0 aromatic heterocycles. The van der Waals surface area contributed by atoms with Gasteiger partial charge in [-0.25, -0.2) is 9.79 Å². The minimum atomic E-state index is -0.697. The number of nitrogens with zero attached hydrogens (tertiary/aromatic N) is 5.